The van der Waals surface area contributed by atoms with Crippen molar-refractivity contribution in [3.05, 3.63) is 53.6 Å². The minimum absolute atomic E-state index is 0.492. The fourth-order valence-corrected chi connectivity index (χ4v) is 2.65. The molecule has 0 aliphatic rings. The second-order valence-corrected chi connectivity index (χ2v) is 5.84. The van der Waals surface area contributed by atoms with E-state index in [0.29, 0.717) is 6.04 Å². The van der Waals surface area contributed by atoms with Crippen LogP contribution < -0.4 is 5.32 Å². The van der Waals surface area contributed by atoms with Gasteiger partial charge in [-0.25, -0.2) is 4.98 Å². The molecule has 0 amide bonds. The molecule has 1 N–H and O–H groups in total. The maximum Gasteiger partial charge on any atom is 0.109 e. The van der Waals surface area contributed by atoms with Gasteiger partial charge in [0.2, 0.25) is 0 Å². The number of nitrogens with zero attached hydrogens (tertiary/aromatic N) is 2. The largest absolute Gasteiger partial charge is 0.338 e. The van der Waals surface area contributed by atoms with Gasteiger partial charge in [0.15, 0.2) is 0 Å². The molecule has 2 rings (SSSR count). The van der Waals surface area contributed by atoms with E-state index in [4.69, 9.17) is 0 Å². The molecule has 21 heavy (non-hydrogen) atoms. The molecule has 0 saturated heterocycles. The summed E-state index contributed by atoms with van der Waals surface area (Å²) < 4.78 is 2.12. The van der Waals surface area contributed by atoms with E-state index in [1.54, 1.807) is 0 Å². The Morgan fingerprint density at radius 1 is 1.33 bits per heavy atom. The third-order valence-corrected chi connectivity index (χ3v) is 3.90. The van der Waals surface area contributed by atoms with Crippen LogP contribution in [0.3, 0.4) is 0 Å². The average molecular weight is 285 g/mol. The summed E-state index contributed by atoms with van der Waals surface area (Å²) in [5, 5.41) is 3.67. The first-order valence-corrected chi connectivity index (χ1v) is 7.94. The first kappa shape index (κ1) is 15.8. The van der Waals surface area contributed by atoms with Crippen LogP contribution in [0.5, 0.6) is 0 Å². The molecule has 0 aliphatic heterocycles. The third-order valence-electron chi connectivity index (χ3n) is 3.90. The monoisotopic (exact) mass is 285 g/mol. The van der Waals surface area contributed by atoms with Gasteiger partial charge in [-0.05, 0) is 38.3 Å². The normalized spacial score (nSPS) is 12.5. The molecule has 0 saturated carbocycles. The Labute approximate surface area is 128 Å². The molecule has 114 valence electrons. The zero-order valence-electron chi connectivity index (χ0n) is 13.5. The molecule has 3 heteroatoms. The van der Waals surface area contributed by atoms with Gasteiger partial charge < -0.3 is 9.88 Å². The minimum Gasteiger partial charge on any atom is -0.338 e. The maximum atomic E-state index is 4.46. The predicted molar refractivity (Wildman–Crippen MR) is 88.5 cm³/mol. The van der Waals surface area contributed by atoms with Crippen molar-refractivity contribution in [1.82, 2.24) is 14.9 Å². The van der Waals surface area contributed by atoms with Crippen molar-refractivity contribution in [2.75, 3.05) is 6.54 Å². The summed E-state index contributed by atoms with van der Waals surface area (Å²) in [5.74, 6) is 1.16. The lowest BCUT2D eigenvalue weighted by molar-refractivity contribution is 0.464. The molecule has 1 aromatic heterocycles. The molecule has 0 fully saturated rings. The highest BCUT2D eigenvalue weighted by Crippen LogP contribution is 2.11. The number of benzene rings is 1. The number of aryl methyl sites for hydroxylation is 3. The molecule has 0 bridgehead atoms. The standard InChI is InChI=1S/C18H27N3/c1-4-10-19-17(14-18-20-11-12-21(18)3)9-8-16-7-5-6-15(2)13-16/h5-7,11-13,17,19H,4,8-10,14H2,1-3H3. The Hall–Kier alpha value is -1.61. The van der Waals surface area contributed by atoms with Crippen LogP contribution in [0.4, 0.5) is 0 Å². The summed E-state index contributed by atoms with van der Waals surface area (Å²) in [6.07, 6.45) is 8.33. The SMILES string of the molecule is CCCNC(CCc1cccc(C)c1)Cc1nccn1C. The number of nitrogens with one attached hydrogen (secondary N) is 1. The fraction of sp³-hybridized carbons (Fsp3) is 0.500. The van der Waals surface area contributed by atoms with Crippen molar-refractivity contribution in [2.24, 2.45) is 7.05 Å². The van der Waals surface area contributed by atoms with Gasteiger partial charge in [0, 0.05) is 31.9 Å². The van der Waals surface area contributed by atoms with Gasteiger partial charge in [-0.2, -0.15) is 0 Å². The Morgan fingerprint density at radius 3 is 2.86 bits per heavy atom. The average Bonchev–Trinajstić information content (AvgIpc) is 2.87. The summed E-state index contributed by atoms with van der Waals surface area (Å²) in [7, 11) is 2.07. The molecule has 3 nitrogen and oxygen atoms in total. The van der Waals surface area contributed by atoms with Crippen LogP contribution in [-0.4, -0.2) is 22.1 Å². The fourth-order valence-electron chi connectivity index (χ4n) is 2.65. The lowest BCUT2D eigenvalue weighted by Crippen LogP contribution is -2.33. The van der Waals surface area contributed by atoms with Gasteiger partial charge in [-0.1, -0.05) is 36.8 Å². The van der Waals surface area contributed by atoms with Crippen LogP contribution in [0.1, 0.15) is 36.7 Å². The van der Waals surface area contributed by atoms with E-state index in [1.165, 1.54) is 17.5 Å². The molecule has 0 aliphatic carbocycles. The Balaban J connectivity index is 1.94. The molecule has 0 radical (unpaired) electrons. The van der Waals surface area contributed by atoms with Gasteiger partial charge in [0.25, 0.3) is 0 Å². The van der Waals surface area contributed by atoms with Gasteiger partial charge >= 0.3 is 0 Å². The second-order valence-electron chi connectivity index (χ2n) is 5.84. The molecular formula is C18H27N3. The number of rotatable bonds is 8. The zero-order chi connectivity index (χ0) is 15.1. The summed E-state index contributed by atoms with van der Waals surface area (Å²) >= 11 is 0. The van der Waals surface area contributed by atoms with Crippen LogP contribution in [0, 0.1) is 6.92 Å². The van der Waals surface area contributed by atoms with Crippen molar-refractivity contribution in [3.63, 3.8) is 0 Å². The lowest BCUT2D eigenvalue weighted by Gasteiger charge is -2.18. The van der Waals surface area contributed by atoms with Crippen molar-refractivity contribution in [2.45, 2.75) is 45.6 Å². The maximum absolute atomic E-state index is 4.46. The van der Waals surface area contributed by atoms with Gasteiger partial charge in [-0.3, -0.25) is 0 Å². The molecule has 0 spiro atoms. The smallest absolute Gasteiger partial charge is 0.109 e. The van der Waals surface area contributed by atoms with E-state index in [-0.39, 0.29) is 0 Å². The quantitative estimate of drug-likeness (QED) is 0.806. The third kappa shape index (κ3) is 5.01. The van der Waals surface area contributed by atoms with E-state index < -0.39 is 0 Å². The molecular weight excluding hydrogens is 258 g/mol. The highest BCUT2D eigenvalue weighted by atomic mass is 15.0. The molecule has 1 heterocycles. The van der Waals surface area contributed by atoms with Crippen LogP contribution in [-0.2, 0) is 19.9 Å². The van der Waals surface area contributed by atoms with Crippen molar-refractivity contribution >= 4 is 0 Å². The summed E-state index contributed by atoms with van der Waals surface area (Å²) in [5.41, 5.74) is 2.77. The molecule has 1 unspecified atom stereocenters. The highest BCUT2D eigenvalue weighted by molar-refractivity contribution is 5.22. The molecule has 2 aromatic rings. The second kappa shape index (κ2) is 7.99. The number of aromatic nitrogens is 2. The number of imidazole rings is 1. The van der Waals surface area contributed by atoms with Gasteiger partial charge in [-0.15, -0.1) is 0 Å². The van der Waals surface area contributed by atoms with Crippen LogP contribution >= 0.6 is 0 Å². The molecule has 1 atom stereocenters. The number of hydrogen-bond donors (Lipinski definition) is 1. The van der Waals surface area contributed by atoms with E-state index in [9.17, 15) is 0 Å². The van der Waals surface area contributed by atoms with Crippen molar-refractivity contribution in [1.29, 1.82) is 0 Å². The minimum atomic E-state index is 0.492. The predicted octanol–water partition coefficient (Wildman–Crippen LogP) is 3.27. The Bertz CT molecular complexity index is 545. The molecule has 1 aromatic carbocycles. The van der Waals surface area contributed by atoms with Crippen molar-refractivity contribution < 1.29 is 0 Å². The van der Waals surface area contributed by atoms with Gasteiger partial charge in [0.05, 0.1) is 0 Å². The van der Waals surface area contributed by atoms with E-state index in [1.807, 2.05) is 12.4 Å². The van der Waals surface area contributed by atoms with Crippen LogP contribution in [0.25, 0.3) is 0 Å². The topological polar surface area (TPSA) is 29.9 Å². The van der Waals surface area contributed by atoms with Crippen LogP contribution in [0.2, 0.25) is 0 Å². The first-order valence-electron chi connectivity index (χ1n) is 7.94. The Morgan fingerprint density at radius 2 is 2.19 bits per heavy atom. The highest BCUT2D eigenvalue weighted by Gasteiger charge is 2.12. The van der Waals surface area contributed by atoms with Crippen LogP contribution in [0.15, 0.2) is 36.7 Å². The summed E-state index contributed by atoms with van der Waals surface area (Å²) in [4.78, 5) is 4.46. The van der Waals surface area contributed by atoms with Gasteiger partial charge in [0.1, 0.15) is 5.82 Å². The number of hydrogen-bond acceptors (Lipinski definition) is 2. The summed E-state index contributed by atoms with van der Waals surface area (Å²) in [6, 6.07) is 9.32. The summed E-state index contributed by atoms with van der Waals surface area (Å²) in [6.45, 7) is 5.44. The first-order chi connectivity index (χ1) is 10.2. The zero-order valence-corrected chi connectivity index (χ0v) is 13.5. The lowest BCUT2D eigenvalue weighted by atomic mass is 10.0. The van der Waals surface area contributed by atoms with Crippen molar-refractivity contribution in [3.8, 4) is 0 Å². The Kier molecular flexibility index (Phi) is 6.00. The van der Waals surface area contributed by atoms with E-state index >= 15 is 0 Å². The van der Waals surface area contributed by atoms with E-state index in [2.05, 4.69) is 60.0 Å². The van der Waals surface area contributed by atoms with E-state index in [0.717, 1.165) is 31.6 Å².